The third-order valence-corrected chi connectivity index (χ3v) is 5.11. The van der Waals surface area contributed by atoms with Crippen molar-refractivity contribution in [3.05, 3.63) is 59.2 Å². The molecule has 4 heteroatoms. The number of rotatable bonds is 4. The maximum Gasteiger partial charge on any atom is 0.335 e. The van der Waals surface area contributed by atoms with Gasteiger partial charge in [-0.05, 0) is 54.7 Å². The highest BCUT2D eigenvalue weighted by molar-refractivity contribution is 5.95. The second-order valence-corrected chi connectivity index (χ2v) is 6.77. The lowest BCUT2D eigenvalue weighted by atomic mass is 9.99. The van der Waals surface area contributed by atoms with Crippen molar-refractivity contribution in [3.63, 3.8) is 0 Å². The molecule has 130 valence electrons. The molecule has 1 aliphatic rings. The molecule has 0 aliphatic heterocycles. The highest BCUT2D eigenvalue weighted by Gasteiger charge is 2.24. The van der Waals surface area contributed by atoms with E-state index in [4.69, 9.17) is 5.11 Å². The lowest BCUT2D eigenvalue weighted by Crippen LogP contribution is -2.35. The third kappa shape index (κ3) is 3.58. The van der Waals surface area contributed by atoms with E-state index in [1.807, 2.05) is 42.3 Å². The molecule has 1 amide bonds. The highest BCUT2D eigenvalue weighted by atomic mass is 16.4. The predicted molar refractivity (Wildman–Crippen MR) is 97.9 cm³/mol. The summed E-state index contributed by atoms with van der Waals surface area (Å²) in [4.78, 5) is 25.6. The molecule has 1 aliphatic carbocycles. The van der Waals surface area contributed by atoms with Crippen molar-refractivity contribution in [2.24, 2.45) is 0 Å². The largest absolute Gasteiger partial charge is 0.478 e. The number of hydrogen-bond donors (Lipinski definition) is 1. The van der Waals surface area contributed by atoms with Crippen LogP contribution in [0.5, 0.6) is 0 Å². The average molecular weight is 337 g/mol. The van der Waals surface area contributed by atoms with E-state index in [9.17, 15) is 9.59 Å². The molecule has 0 unspecified atom stereocenters. The lowest BCUT2D eigenvalue weighted by molar-refractivity contribution is 0.0694. The molecule has 2 aromatic rings. The van der Waals surface area contributed by atoms with Gasteiger partial charge in [0.05, 0.1) is 5.56 Å². The summed E-state index contributed by atoms with van der Waals surface area (Å²) in [7, 11) is 1.89. The van der Waals surface area contributed by atoms with Gasteiger partial charge in [0.15, 0.2) is 0 Å². The first-order valence-electron chi connectivity index (χ1n) is 8.69. The number of carboxylic acids is 1. The van der Waals surface area contributed by atoms with Gasteiger partial charge >= 0.3 is 5.97 Å². The first kappa shape index (κ1) is 17.2. The molecule has 0 saturated heterocycles. The zero-order chi connectivity index (χ0) is 18.0. The first-order valence-corrected chi connectivity index (χ1v) is 8.69. The molecular formula is C21H23NO3. The smallest absolute Gasteiger partial charge is 0.335 e. The van der Waals surface area contributed by atoms with Crippen LogP contribution in [-0.2, 0) is 0 Å². The van der Waals surface area contributed by atoms with E-state index in [-0.39, 0.29) is 5.91 Å². The Morgan fingerprint density at radius 3 is 2.16 bits per heavy atom. The van der Waals surface area contributed by atoms with Crippen LogP contribution >= 0.6 is 0 Å². The van der Waals surface area contributed by atoms with E-state index in [1.54, 1.807) is 19.1 Å². The van der Waals surface area contributed by atoms with E-state index in [0.717, 1.165) is 29.5 Å². The number of aryl methyl sites for hydroxylation is 1. The lowest BCUT2D eigenvalue weighted by Gasteiger charge is -2.24. The van der Waals surface area contributed by atoms with E-state index < -0.39 is 5.97 Å². The Bertz CT molecular complexity index is 789. The Morgan fingerprint density at radius 2 is 1.60 bits per heavy atom. The van der Waals surface area contributed by atoms with Crippen LogP contribution in [0.1, 0.15) is 52.0 Å². The zero-order valence-corrected chi connectivity index (χ0v) is 14.7. The number of carboxylic acid groups (broad SMARTS) is 1. The Kier molecular flexibility index (Phi) is 4.88. The van der Waals surface area contributed by atoms with Crippen LogP contribution in [0.15, 0.2) is 42.5 Å². The number of aromatic carboxylic acids is 1. The van der Waals surface area contributed by atoms with Gasteiger partial charge in [-0.25, -0.2) is 4.79 Å². The first-order chi connectivity index (χ1) is 12.0. The van der Waals surface area contributed by atoms with Crippen LogP contribution in [-0.4, -0.2) is 35.0 Å². The summed E-state index contributed by atoms with van der Waals surface area (Å²) < 4.78 is 0. The number of nitrogens with zero attached hydrogens (tertiary/aromatic N) is 1. The fraction of sp³-hybridized carbons (Fsp3) is 0.333. The Labute approximate surface area is 148 Å². The maximum atomic E-state index is 12.6. The van der Waals surface area contributed by atoms with Crippen molar-refractivity contribution in [2.75, 3.05) is 7.05 Å². The van der Waals surface area contributed by atoms with Crippen LogP contribution in [0.25, 0.3) is 11.1 Å². The van der Waals surface area contributed by atoms with Crippen LogP contribution in [0, 0.1) is 6.92 Å². The molecule has 0 atom stereocenters. The molecule has 0 bridgehead atoms. The predicted octanol–water partition coefficient (Wildman–Crippen LogP) is 4.37. The quantitative estimate of drug-likeness (QED) is 0.901. The highest BCUT2D eigenvalue weighted by Crippen LogP contribution is 2.26. The van der Waals surface area contributed by atoms with Crippen molar-refractivity contribution in [3.8, 4) is 11.1 Å². The molecule has 2 aromatic carbocycles. The van der Waals surface area contributed by atoms with E-state index in [1.165, 1.54) is 12.8 Å². The molecule has 1 N–H and O–H groups in total. The number of hydrogen-bond acceptors (Lipinski definition) is 2. The topological polar surface area (TPSA) is 57.6 Å². The minimum absolute atomic E-state index is 0.0656. The van der Waals surface area contributed by atoms with E-state index in [2.05, 4.69) is 0 Å². The van der Waals surface area contributed by atoms with Crippen molar-refractivity contribution >= 4 is 11.9 Å². The van der Waals surface area contributed by atoms with Gasteiger partial charge in [0.1, 0.15) is 0 Å². The van der Waals surface area contributed by atoms with Gasteiger partial charge in [-0.3, -0.25) is 4.79 Å². The molecule has 0 aromatic heterocycles. The Balaban J connectivity index is 1.79. The third-order valence-electron chi connectivity index (χ3n) is 5.11. The van der Waals surface area contributed by atoms with Gasteiger partial charge in [-0.1, -0.05) is 37.1 Å². The molecule has 1 fully saturated rings. The molecule has 0 radical (unpaired) electrons. The second kappa shape index (κ2) is 7.09. The standard InChI is InChI=1S/C21H23NO3/c1-14-13-17(11-12-19(14)21(24)25)15-7-9-16(10-8-15)20(23)22(2)18-5-3-4-6-18/h7-13,18H,3-6H2,1-2H3,(H,24,25). The van der Waals surface area contributed by atoms with Crippen molar-refractivity contribution in [1.82, 2.24) is 4.90 Å². The fourth-order valence-electron chi connectivity index (χ4n) is 3.55. The van der Waals surface area contributed by atoms with Crippen molar-refractivity contribution < 1.29 is 14.7 Å². The zero-order valence-electron chi connectivity index (χ0n) is 14.7. The van der Waals surface area contributed by atoms with E-state index >= 15 is 0 Å². The van der Waals surface area contributed by atoms with Crippen molar-refractivity contribution in [2.45, 2.75) is 38.6 Å². The van der Waals surface area contributed by atoms with Crippen LogP contribution in [0.2, 0.25) is 0 Å². The van der Waals surface area contributed by atoms with Gasteiger partial charge in [-0.2, -0.15) is 0 Å². The number of amides is 1. The maximum absolute atomic E-state index is 12.6. The summed E-state index contributed by atoms with van der Waals surface area (Å²) in [6.07, 6.45) is 4.59. The molecule has 3 rings (SSSR count). The van der Waals surface area contributed by atoms with Gasteiger partial charge in [0.25, 0.3) is 5.91 Å². The molecule has 4 nitrogen and oxygen atoms in total. The summed E-state index contributed by atoms with van der Waals surface area (Å²) in [5.74, 6) is -0.851. The fourth-order valence-corrected chi connectivity index (χ4v) is 3.55. The summed E-state index contributed by atoms with van der Waals surface area (Å²) in [5.41, 5.74) is 3.66. The summed E-state index contributed by atoms with van der Waals surface area (Å²) in [5, 5.41) is 9.12. The molecule has 1 saturated carbocycles. The summed E-state index contributed by atoms with van der Waals surface area (Å²) in [6.45, 7) is 1.79. The number of benzene rings is 2. The average Bonchev–Trinajstić information content (AvgIpc) is 3.15. The molecule has 25 heavy (non-hydrogen) atoms. The van der Waals surface area contributed by atoms with E-state index in [0.29, 0.717) is 17.2 Å². The normalized spacial score (nSPS) is 14.5. The summed E-state index contributed by atoms with van der Waals surface area (Å²) in [6, 6.07) is 13.2. The van der Waals surface area contributed by atoms with Gasteiger partial charge in [0, 0.05) is 18.7 Å². The van der Waals surface area contributed by atoms with Crippen molar-refractivity contribution in [1.29, 1.82) is 0 Å². The Hall–Kier alpha value is -2.62. The van der Waals surface area contributed by atoms with Gasteiger partial charge in [0.2, 0.25) is 0 Å². The Morgan fingerprint density at radius 1 is 1.00 bits per heavy atom. The molecule has 0 spiro atoms. The minimum Gasteiger partial charge on any atom is -0.478 e. The summed E-state index contributed by atoms with van der Waals surface area (Å²) >= 11 is 0. The van der Waals surface area contributed by atoms with Gasteiger partial charge < -0.3 is 10.0 Å². The van der Waals surface area contributed by atoms with Crippen LogP contribution in [0.4, 0.5) is 0 Å². The number of carbonyl (C=O) groups is 2. The van der Waals surface area contributed by atoms with Crippen LogP contribution < -0.4 is 0 Å². The molecule has 0 heterocycles. The van der Waals surface area contributed by atoms with Crippen LogP contribution in [0.3, 0.4) is 0 Å². The minimum atomic E-state index is -0.917. The number of carbonyl (C=O) groups excluding carboxylic acids is 1. The monoisotopic (exact) mass is 337 g/mol. The second-order valence-electron chi connectivity index (χ2n) is 6.77. The van der Waals surface area contributed by atoms with Gasteiger partial charge in [-0.15, -0.1) is 0 Å². The SMILES string of the molecule is Cc1cc(-c2ccc(C(=O)N(C)C3CCCC3)cc2)ccc1C(=O)O. The molecular weight excluding hydrogens is 314 g/mol.